The van der Waals surface area contributed by atoms with Crippen molar-refractivity contribution < 1.29 is 12.8 Å². The lowest BCUT2D eigenvalue weighted by Crippen LogP contribution is -2.37. The van der Waals surface area contributed by atoms with Crippen LogP contribution >= 0.6 is 11.3 Å². The number of nitrogens with zero attached hydrogens (tertiary/aromatic N) is 2. The number of sulfonamides is 1. The van der Waals surface area contributed by atoms with Gasteiger partial charge < -0.3 is 0 Å². The van der Waals surface area contributed by atoms with Crippen molar-refractivity contribution in [1.29, 1.82) is 0 Å². The monoisotopic (exact) mass is 354 g/mol. The van der Waals surface area contributed by atoms with Gasteiger partial charge in [0.25, 0.3) is 0 Å². The molecule has 1 saturated heterocycles. The van der Waals surface area contributed by atoms with Crippen molar-refractivity contribution in [2.75, 3.05) is 13.1 Å². The van der Waals surface area contributed by atoms with E-state index >= 15 is 0 Å². The Labute approximate surface area is 140 Å². The third-order valence-electron chi connectivity index (χ3n) is 4.30. The fourth-order valence-electron chi connectivity index (χ4n) is 2.77. The molecular formula is C16H19FN2O2S2. The zero-order valence-electron chi connectivity index (χ0n) is 13.1. The maximum Gasteiger partial charge on any atom is 0.243 e. The lowest BCUT2D eigenvalue weighted by Gasteiger charge is -2.30. The Morgan fingerprint density at radius 2 is 1.78 bits per heavy atom. The van der Waals surface area contributed by atoms with Gasteiger partial charge in [-0.25, -0.2) is 17.8 Å². The molecule has 0 saturated carbocycles. The van der Waals surface area contributed by atoms with E-state index < -0.39 is 15.8 Å². The number of aryl methyl sites for hydroxylation is 2. The highest BCUT2D eigenvalue weighted by atomic mass is 32.2. The standard InChI is InChI=1S/C16H19FN2O2S2/c1-11-12(2)22-16(18-11)13-7-9-19(10-8-13)23(20,21)15-5-3-14(17)4-6-15/h3-6,13H,7-10H2,1-2H3. The molecule has 3 rings (SSSR count). The molecular weight excluding hydrogens is 335 g/mol. The fourth-order valence-corrected chi connectivity index (χ4v) is 5.33. The van der Waals surface area contributed by atoms with Crippen LogP contribution in [0.5, 0.6) is 0 Å². The summed E-state index contributed by atoms with van der Waals surface area (Å²) in [5.41, 5.74) is 1.06. The van der Waals surface area contributed by atoms with Crippen molar-refractivity contribution in [3.05, 3.63) is 45.7 Å². The van der Waals surface area contributed by atoms with Gasteiger partial charge in [0.1, 0.15) is 5.82 Å². The van der Waals surface area contributed by atoms with Crippen LogP contribution in [0, 0.1) is 19.7 Å². The second-order valence-electron chi connectivity index (χ2n) is 5.83. The molecule has 0 aliphatic carbocycles. The van der Waals surface area contributed by atoms with E-state index in [1.807, 2.05) is 6.92 Å². The Balaban J connectivity index is 1.72. The third-order valence-corrected chi connectivity index (χ3v) is 7.45. The van der Waals surface area contributed by atoms with Gasteiger partial charge in [-0.15, -0.1) is 11.3 Å². The molecule has 0 N–H and O–H groups in total. The quantitative estimate of drug-likeness (QED) is 0.848. The summed E-state index contributed by atoms with van der Waals surface area (Å²) in [4.78, 5) is 5.97. The summed E-state index contributed by atoms with van der Waals surface area (Å²) in [6, 6.07) is 5.01. The number of rotatable bonds is 3. The minimum atomic E-state index is -3.54. The summed E-state index contributed by atoms with van der Waals surface area (Å²) in [7, 11) is -3.54. The maximum atomic E-state index is 13.0. The number of halogens is 1. The zero-order valence-corrected chi connectivity index (χ0v) is 14.8. The van der Waals surface area contributed by atoms with Crippen LogP contribution in [0.1, 0.15) is 34.3 Å². The second-order valence-corrected chi connectivity index (χ2v) is 9.00. The summed E-state index contributed by atoms with van der Waals surface area (Å²) in [5.74, 6) is -0.107. The maximum absolute atomic E-state index is 13.0. The van der Waals surface area contributed by atoms with Crippen molar-refractivity contribution in [3.8, 4) is 0 Å². The van der Waals surface area contributed by atoms with Gasteiger partial charge in [-0.05, 0) is 51.0 Å². The molecule has 0 unspecified atom stereocenters. The summed E-state index contributed by atoms with van der Waals surface area (Å²) < 4.78 is 39.6. The zero-order chi connectivity index (χ0) is 16.6. The van der Waals surface area contributed by atoms with Crippen molar-refractivity contribution >= 4 is 21.4 Å². The minimum absolute atomic E-state index is 0.151. The third kappa shape index (κ3) is 3.32. The lowest BCUT2D eigenvalue weighted by atomic mass is 9.99. The fraction of sp³-hybridized carbons (Fsp3) is 0.438. The molecule has 2 aromatic rings. The van der Waals surface area contributed by atoms with Gasteiger partial charge in [-0.3, -0.25) is 0 Å². The Hall–Kier alpha value is -1.31. The number of hydrogen-bond donors (Lipinski definition) is 0. The Kier molecular flexibility index (Phi) is 4.53. The summed E-state index contributed by atoms with van der Waals surface area (Å²) in [6.07, 6.45) is 1.54. The van der Waals surface area contributed by atoms with Crippen molar-refractivity contribution in [1.82, 2.24) is 9.29 Å². The van der Waals surface area contributed by atoms with Crippen LogP contribution < -0.4 is 0 Å². The van der Waals surface area contributed by atoms with Crippen molar-refractivity contribution in [2.24, 2.45) is 0 Å². The Morgan fingerprint density at radius 1 is 1.17 bits per heavy atom. The van der Waals surface area contributed by atoms with E-state index in [4.69, 9.17) is 0 Å². The molecule has 1 aliphatic rings. The smallest absolute Gasteiger partial charge is 0.243 e. The molecule has 1 aliphatic heterocycles. The molecule has 4 nitrogen and oxygen atoms in total. The number of aromatic nitrogens is 1. The normalized spacial score (nSPS) is 17.5. The summed E-state index contributed by atoms with van der Waals surface area (Å²) in [5, 5.41) is 1.11. The Bertz CT molecular complexity index is 772. The van der Waals surface area contributed by atoms with Gasteiger partial charge in [-0.2, -0.15) is 4.31 Å². The van der Waals surface area contributed by atoms with Crippen LogP contribution in [-0.2, 0) is 10.0 Å². The molecule has 23 heavy (non-hydrogen) atoms. The van der Waals surface area contributed by atoms with E-state index in [1.165, 1.54) is 33.4 Å². The van der Waals surface area contributed by atoms with Gasteiger partial charge in [0, 0.05) is 23.9 Å². The molecule has 0 bridgehead atoms. The number of hydrogen-bond acceptors (Lipinski definition) is 4. The van der Waals surface area contributed by atoms with Crippen LogP contribution in [-0.4, -0.2) is 30.8 Å². The van der Waals surface area contributed by atoms with E-state index in [-0.39, 0.29) is 4.90 Å². The first-order valence-electron chi connectivity index (χ1n) is 7.57. The van der Waals surface area contributed by atoms with E-state index in [0.717, 1.165) is 23.5 Å². The SMILES string of the molecule is Cc1nc(C2CCN(S(=O)(=O)c3ccc(F)cc3)CC2)sc1C. The first kappa shape index (κ1) is 16.5. The van der Waals surface area contributed by atoms with Crippen LogP contribution in [0.25, 0.3) is 0 Å². The molecule has 0 amide bonds. The first-order chi connectivity index (χ1) is 10.9. The predicted octanol–water partition coefficient (Wildman–Crippen LogP) is 3.47. The predicted molar refractivity (Wildman–Crippen MR) is 88.7 cm³/mol. The highest BCUT2D eigenvalue weighted by molar-refractivity contribution is 7.89. The number of benzene rings is 1. The molecule has 0 radical (unpaired) electrons. The van der Waals surface area contributed by atoms with Crippen LogP contribution in [0.15, 0.2) is 29.2 Å². The average molecular weight is 354 g/mol. The summed E-state index contributed by atoms with van der Waals surface area (Å²) >= 11 is 1.71. The molecule has 124 valence electrons. The average Bonchev–Trinajstić information content (AvgIpc) is 2.87. The molecule has 1 fully saturated rings. The first-order valence-corrected chi connectivity index (χ1v) is 9.83. The lowest BCUT2D eigenvalue weighted by molar-refractivity contribution is 0.319. The molecule has 1 aromatic heterocycles. The number of piperidine rings is 1. The highest BCUT2D eigenvalue weighted by Gasteiger charge is 2.31. The van der Waals surface area contributed by atoms with Crippen LogP contribution in [0.2, 0.25) is 0 Å². The molecule has 1 aromatic carbocycles. The van der Waals surface area contributed by atoms with E-state index in [0.29, 0.717) is 19.0 Å². The van der Waals surface area contributed by atoms with E-state index in [2.05, 4.69) is 11.9 Å². The Morgan fingerprint density at radius 3 is 2.30 bits per heavy atom. The second kappa shape index (κ2) is 6.30. The molecule has 7 heteroatoms. The van der Waals surface area contributed by atoms with Crippen LogP contribution in [0.3, 0.4) is 0 Å². The highest BCUT2D eigenvalue weighted by Crippen LogP contribution is 2.33. The molecule has 0 spiro atoms. The van der Waals surface area contributed by atoms with Gasteiger partial charge in [0.2, 0.25) is 10.0 Å². The van der Waals surface area contributed by atoms with E-state index in [1.54, 1.807) is 11.3 Å². The van der Waals surface area contributed by atoms with Crippen molar-refractivity contribution in [3.63, 3.8) is 0 Å². The number of thiazole rings is 1. The molecule has 2 heterocycles. The van der Waals surface area contributed by atoms with Crippen molar-refractivity contribution in [2.45, 2.75) is 37.5 Å². The van der Waals surface area contributed by atoms with Gasteiger partial charge >= 0.3 is 0 Å². The van der Waals surface area contributed by atoms with Gasteiger partial charge in [-0.1, -0.05) is 0 Å². The minimum Gasteiger partial charge on any atom is -0.246 e. The summed E-state index contributed by atoms with van der Waals surface area (Å²) in [6.45, 7) is 5.01. The topological polar surface area (TPSA) is 50.3 Å². The van der Waals surface area contributed by atoms with E-state index in [9.17, 15) is 12.8 Å². The largest absolute Gasteiger partial charge is 0.246 e. The molecule has 0 atom stereocenters. The van der Waals surface area contributed by atoms with Gasteiger partial charge in [0.05, 0.1) is 15.6 Å². The van der Waals surface area contributed by atoms with Crippen LogP contribution in [0.4, 0.5) is 4.39 Å². The van der Waals surface area contributed by atoms with Gasteiger partial charge in [0.15, 0.2) is 0 Å².